The lowest BCUT2D eigenvalue weighted by atomic mass is 10.2. The van der Waals surface area contributed by atoms with Crippen molar-refractivity contribution in [1.82, 2.24) is 15.6 Å². The monoisotopic (exact) mass is 295 g/mol. The number of carbonyl (C=O) groups is 2. The molecule has 3 N–H and O–H groups in total. The van der Waals surface area contributed by atoms with E-state index in [9.17, 15) is 9.59 Å². The minimum absolute atomic E-state index is 0.0950. The highest BCUT2D eigenvalue weighted by molar-refractivity contribution is 5.74. The molecule has 2 amide bonds. The summed E-state index contributed by atoms with van der Waals surface area (Å²) in [4.78, 5) is 25.8. The van der Waals surface area contributed by atoms with Crippen molar-refractivity contribution in [2.75, 3.05) is 6.54 Å². The average molecular weight is 295 g/mol. The van der Waals surface area contributed by atoms with Crippen LogP contribution in [0.2, 0.25) is 0 Å². The van der Waals surface area contributed by atoms with Crippen LogP contribution in [-0.2, 0) is 11.3 Å². The summed E-state index contributed by atoms with van der Waals surface area (Å²) in [5.74, 6) is -0.425. The first-order chi connectivity index (χ1) is 9.76. The van der Waals surface area contributed by atoms with Gasteiger partial charge < -0.3 is 20.5 Å². The number of pyridine rings is 1. The van der Waals surface area contributed by atoms with E-state index in [2.05, 4.69) is 15.6 Å². The zero-order chi connectivity index (χ0) is 15.9. The van der Waals surface area contributed by atoms with E-state index in [1.807, 2.05) is 26.8 Å². The topological polar surface area (TPSA) is 101 Å². The smallest absolute Gasteiger partial charge is 0.315 e. The molecule has 1 aromatic rings. The van der Waals surface area contributed by atoms with Crippen LogP contribution in [0.15, 0.2) is 18.3 Å². The Hall–Kier alpha value is -2.31. The molecule has 0 saturated heterocycles. The van der Waals surface area contributed by atoms with Crippen molar-refractivity contribution in [2.24, 2.45) is 0 Å². The van der Waals surface area contributed by atoms with Gasteiger partial charge in [0.1, 0.15) is 5.60 Å². The Balaban J connectivity index is 2.35. The number of hydrogen-bond donors (Lipinski definition) is 3. The first kappa shape index (κ1) is 16.7. The summed E-state index contributed by atoms with van der Waals surface area (Å²) in [7, 11) is 0. The molecule has 116 valence electrons. The second-order valence-corrected chi connectivity index (χ2v) is 5.47. The van der Waals surface area contributed by atoms with E-state index in [1.165, 1.54) is 0 Å². The maximum absolute atomic E-state index is 11.4. The number of nitrogens with one attached hydrogen (secondary N) is 2. The van der Waals surface area contributed by atoms with Gasteiger partial charge >= 0.3 is 12.0 Å². The Morgan fingerprint density at radius 1 is 1.29 bits per heavy atom. The SMILES string of the molecule is CC(C)(C)Oc1ccc(CNC(=O)NCCC(=O)O)cn1. The zero-order valence-corrected chi connectivity index (χ0v) is 12.5. The van der Waals surface area contributed by atoms with Gasteiger partial charge in [0.25, 0.3) is 0 Å². The lowest BCUT2D eigenvalue weighted by molar-refractivity contribution is -0.136. The molecule has 0 aliphatic carbocycles. The van der Waals surface area contributed by atoms with Crippen molar-refractivity contribution < 1.29 is 19.4 Å². The first-order valence-corrected chi connectivity index (χ1v) is 6.64. The molecular formula is C14H21N3O4. The van der Waals surface area contributed by atoms with E-state index in [1.54, 1.807) is 12.3 Å². The third kappa shape index (κ3) is 7.76. The van der Waals surface area contributed by atoms with Gasteiger partial charge in [0, 0.05) is 25.4 Å². The van der Waals surface area contributed by atoms with Crippen LogP contribution >= 0.6 is 0 Å². The number of aliphatic carboxylic acids is 1. The summed E-state index contributed by atoms with van der Waals surface area (Å²) >= 11 is 0. The number of nitrogens with zero attached hydrogens (tertiary/aromatic N) is 1. The van der Waals surface area contributed by atoms with Gasteiger partial charge in [-0.1, -0.05) is 6.07 Å². The molecule has 0 fully saturated rings. The molecule has 7 heteroatoms. The summed E-state index contributed by atoms with van der Waals surface area (Å²) < 4.78 is 5.59. The lowest BCUT2D eigenvalue weighted by Crippen LogP contribution is -2.36. The molecule has 0 aliphatic rings. The third-order valence-electron chi connectivity index (χ3n) is 2.29. The highest BCUT2D eigenvalue weighted by atomic mass is 16.5. The van der Waals surface area contributed by atoms with Crippen molar-refractivity contribution in [2.45, 2.75) is 39.3 Å². The van der Waals surface area contributed by atoms with Gasteiger partial charge in [0.05, 0.1) is 6.42 Å². The van der Waals surface area contributed by atoms with Gasteiger partial charge in [-0.2, -0.15) is 0 Å². The second-order valence-electron chi connectivity index (χ2n) is 5.47. The number of urea groups is 1. The maximum Gasteiger partial charge on any atom is 0.315 e. The fourth-order valence-electron chi connectivity index (χ4n) is 1.42. The van der Waals surface area contributed by atoms with Crippen molar-refractivity contribution in [1.29, 1.82) is 0 Å². The van der Waals surface area contributed by atoms with Crippen molar-refractivity contribution in [3.8, 4) is 5.88 Å². The van der Waals surface area contributed by atoms with Crippen LogP contribution in [-0.4, -0.2) is 34.2 Å². The molecule has 7 nitrogen and oxygen atoms in total. The Bertz CT molecular complexity index is 480. The molecule has 1 aromatic heterocycles. The van der Waals surface area contributed by atoms with E-state index >= 15 is 0 Å². The Morgan fingerprint density at radius 2 is 2.00 bits per heavy atom. The summed E-state index contributed by atoms with van der Waals surface area (Å²) in [5.41, 5.74) is 0.515. The number of amides is 2. The largest absolute Gasteiger partial charge is 0.481 e. The highest BCUT2D eigenvalue weighted by Crippen LogP contribution is 2.15. The Labute approximate surface area is 123 Å². The molecule has 0 atom stereocenters. The number of aromatic nitrogens is 1. The van der Waals surface area contributed by atoms with Crippen LogP contribution in [0.1, 0.15) is 32.8 Å². The van der Waals surface area contributed by atoms with Gasteiger partial charge in [-0.25, -0.2) is 9.78 Å². The Morgan fingerprint density at radius 3 is 2.52 bits per heavy atom. The van der Waals surface area contributed by atoms with Crippen LogP contribution in [0, 0.1) is 0 Å². The number of hydrogen-bond acceptors (Lipinski definition) is 4. The summed E-state index contributed by atoms with van der Waals surface area (Å²) in [5, 5.41) is 13.5. The molecule has 0 aliphatic heterocycles. The highest BCUT2D eigenvalue weighted by Gasteiger charge is 2.12. The van der Waals surface area contributed by atoms with E-state index in [0.717, 1.165) is 5.56 Å². The van der Waals surface area contributed by atoms with E-state index < -0.39 is 12.0 Å². The quantitative estimate of drug-likeness (QED) is 0.739. The number of rotatable bonds is 6. The molecule has 1 heterocycles. The number of carboxylic acid groups (broad SMARTS) is 1. The van der Waals surface area contributed by atoms with Crippen LogP contribution in [0.25, 0.3) is 0 Å². The molecule has 0 radical (unpaired) electrons. The fraction of sp³-hybridized carbons (Fsp3) is 0.500. The zero-order valence-electron chi connectivity index (χ0n) is 12.5. The molecule has 21 heavy (non-hydrogen) atoms. The van der Waals surface area contributed by atoms with Gasteiger partial charge in [0.2, 0.25) is 5.88 Å². The normalized spacial score (nSPS) is 10.8. The van der Waals surface area contributed by atoms with Crippen molar-refractivity contribution >= 4 is 12.0 Å². The number of ether oxygens (including phenoxy) is 1. The molecule has 0 spiro atoms. The fourth-order valence-corrected chi connectivity index (χ4v) is 1.42. The van der Waals surface area contributed by atoms with Gasteiger partial charge in [-0.15, -0.1) is 0 Å². The van der Waals surface area contributed by atoms with E-state index in [0.29, 0.717) is 12.4 Å². The minimum Gasteiger partial charge on any atom is -0.481 e. The predicted molar refractivity (Wildman–Crippen MR) is 77.1 cm³/mol. The van der Waals surface area contributed by atoms with Gasteiger partial charge in [-0.05, 0) is 26.3 Å². The minimum atomic E-state index is -0.950. The van der Waals surface area contributed by atoms with Gasteiger partial charge in [-0.3, -0.25) is 4.79 Å². The van der Waals surface area contributed by atoms with Crippen LogP contribution in [0.5, 0.6) is 5.88 Å². The van der Waals surface area contributed by atoms with Crippen molar-refractivity contribution in [3.63, 3.8) is 0 Å². The molecular weight excluding hydrogens is 274 g/mol. The summed E-state index contributed by atoms with van der Waals surface area (Å²) in [6.45, 7) is 6.21. The molecule has 0 aromatic carbocycles. The maximum atomic E-state index is 11.4. The van der Waals surface area contributed by atoms with Crippen LogP contribution < -0.4 is 15.4 Å². The second kappa shape index (κ2) is 7.47. The Kier molecular flexibility index (Phi) is 5.95. The molecule has 0 unspecified atom stereocenters. The van der Waals surface area contributed by atoms with Gasteiger partial charge in [0.15, 0.2) is 0 Å². The number of carbonyl (C=O) groups excluding carboxylic acids is 1. The lowest BCUT2D eigenvalue weighted by Gasteiger charge is -2.20. The standard InChI is InChI=1S/C14H21N3O4/c1-14(2,3)21-11-5-4-10(8-16-11)9-17-13(20)15-7-6-12(18)19/h4-5,8H,6-7,9H2,1-3H3,(H,18,19)(H2,15,17,20). The summed E-state index contributed by atoms with van der Waals surface area (Å²) in [6.07, 6.45) is 1.52. The van der Waals surface area contributed by atoms with Crippen LogP contribution in [0.4, 0.5) is 4.79 Å². The predicted octanol–water partition coefficient (Wildman–Crippen LogP) is 1.53. The molecule has 1 rings (SSSR count). The average Bonchev–Trinajstić information content (AvgIpc) is 2.35. The third-order valence-corrected chi connectivity index (χ3v) is 2.29. The number of carboxylic acids is 1. The molecule has 0 saturated carbocycles. The van der Waals surface area contributed by atoms with E-state index in [4.69, 9.17) is 9.84 Å². The van der Waals surface area contributed by atoms with Crippen LogP contribution in [0.3, 0.4) is 0 Å². The summed E-state index contributed by atoms with van der Waals surface area (Å²) in [6, 6.07) is 3.14. The first-order valence-electron chi connectivity index (χ1n) is 6.64. The van der Waals surface area contributed by atoms with Crippen molar-refractivity contribution in [3.05, 3.63) is 23.9 Å². The molecule has 0 bridgehead atoms. The van der Waals surface area contributed by atoms with E-state index in [-0.39, 0.29) is 18.6 Å².